The molecule has 3 nitrogen and oxygen atoms in total. The van der Waals surface area contributed by atoms with Crippen molar-refractivity contribution in [2.24, 2.45) is 0 Å². The fraction of sp³-hybridized carbons (Fsp3) is 0. The third-order valence-electron chi connectivity index (χ3n) is 2.71. The van der Waals surface area contributed by atoms with Gasteiger partial charge < -0.3 is 5.73 Å². The van der Waals surface area contributed by atoms with E-state index in [1.807, 2.05) is 11.4 Å². The summed E-state index contributed by atoms with van der Waals surface area (Å²) in [6.07, 6.45) is 1.66. The number of anilines is 1. The van der Waals surface area contributed by atoms with Crippen LogP contribution in [0.5, 0.6) is 0 Å². The molecule has 0 radical (unpaired) electrons. The Labute approximate surface area is 131 Å². The van der Waals surface area contributed by atoms with Crippen molar-refractivity contribution in [3.63, 3.8) is 0 Å². The largest absolute Gasteiger partial charge is 0.396 e. The van der Waals surface area contributed by atoms with Crippen molar-refractivity contribution in [2.45, 2.75) is 0 Å². The normalized spacial score (nSPS) is 10.9. The Balaban J connectivity index is 2.06. The molecule has 0 spiro atoms. The first-order valence-corrected chi connectivity index (χ1v) is 7.64. The molecule has 0 atom stereocenters. The van der Waals surface area contributed by atoms with Gasteiger partial charge in [-0.2, -0.15) is 5.10 Å². The molecule has 0 unspecified atom stereocenters. The van der Waals surface area contributed by atoms with Crippen LogP contribution < -0.4 is 5.73 Å². The lowest BCUT2D eigenvalue weighted by Gasteiger charge is -2.01. The van der Waals surface area contributed by atoms with Crippen LogP contribution in [0.15, 0.2) is 40.3 Å². The van der Waals surface area contributed by atoms with E-state index in [0.717, 1.165) is 9.35 Å². The van der Waals surface area contributed by atoms with Gasteiger partial charge in [-0.05, 0) is 34.1 Å². The van der Waals surface area contributed by atoms with E-state index < -0.39 is 5.82 Å². The van der Waals surface area contributed by atoms with Gasteiger partial charge >= 0.3 is 0 Å². The number of benzene rings is 1. The van der Waals surface area contributed by atoms with E-state index in [1.165, 1.54) is 28.2 Å². The summed E-state index contributed by atoms with van der Waals surface area (Å²) in [5.41, 5.74) is 7.76. The van der Waals surface area contributed by atoms with Gasteiger partial charge in [0.05, 0.1) is 27.5 Å². The molecule has 3 rings (SSSR count). The molecule has 2 N–H and O–H groups in total. The van der Waals surface area contributed by atoms with E-state index >= 15 is 0 Å². The molecule has 1 aromatic carbocycles. The Hall–Kier alpha value is -1.37. The molecule has 7 heteroatoms. The van der Waals surface area contributed by atoms with Crippen LogP contribution in [0.2, 0.25) is 5.02 Å². The zero-order valence-corrected chi connectivity index (χ0v) is 13.1. The number of nitrogen functional groups attached to an aromatic ring is 1. The minimum absolute atomic E-state index is 0.0799. The molecule has 0 aliphatic rings. The molecule has 0 bridgehead atoms. The average Bonchev–Trinajstić information content (AvgIpc) is 2.99. The van der Waals surface area contributed by atoms with E-state index in [9.17, 15) is 4.39 Å². The average molecular weight is 373 g/mol. The zero-order chi connectivity index (χ0) is 14.3. The van der Waals surface area contributed by atoms with Crippen LogP contribution in [0.1, 0.15) is 0 Å². The van der Waals surface area contributed by atoms with Gasteiger partial charge in [-0.15, -0.1) is 11.3 Å². The summed E-state index contributed by atoms with van der Waals surface area (Å²) in [4.78, 5) is 0.947. The highest BCUT2D eigenvalue weighted by Crippen LogP contribution is 2.33. The molecule has 0 amide bonds. The molecule has 0 aliphatic carbocycles. The quantitative estimate of drug-likeness (QED) is 0.706. The number of halogens is 3. The minimum Gasteiger partial charge on any atom is -0.396 e. The predicted octanol–water partition coefficient (Wildman–Crippen LogP) is 4.74. The predicted molar refractivity (Wildman–Crippen MR) is 84.0 cm³/mol. The number of thiophene rings is 1. The van der Waals surface area contributed by atoms with Crippen molar-refractivity contribution in [1.82, 2.24) is 9.78 Å². The Bertz CT molecular complexity index is 784. The zero-order valence-electron chi connectivity index (χ0n) is 9.98. The second kappa shape index (κ2) is 5.20. The number of hydrogen-bond donors (Lipinski definition) is 1. The minimum atomic E-state index is -0.487. The Morgan fingerprint density at radius 1 is 1.35 bits per heavy atom. The lowest BCUT2D eigenvalue weighted by atomic mass is 10.3. The molecular formula is C13H8BrClFN3S. The van der Waals surface area contributed by atoms with Gasteiger partial charge in [0.1, 0.15) is 11.5 Å². The molecule has 0 saturated heterocycles. The number of nitrogens with zero attached hydrogens (tertiary/aromatic N) is 2. The van der Waals surface area contributed by atoms with Crippen LogP contribution in [0, 0.1) is 5.82 Å². The third-order valence-corrected chi connectivity index (χ3v) is 4.72. The van der Waals surface area contributed by atoms with Crippen LogP contribution in [0.3, 0.4) is 0 Å². The van der Waals surface area contributed by atoms with E-state index in [2.05, 4.69) is 21.0 Å². The lowest BCUT2D eigenvalue weighted by molar-refractivity contribution is 0.626. The highest BCUT2D eigenvalue weighted by Gasteiger charge is 2.12. The monoisotopic (exact) mass is 371 g/mol. The van der Waals surface area contributed by atoms with Crippen LogP contribution in [-0.2, 0) is 0 Å². The van der Waals surface area contributed by atoms with Gasteiger partial charge in [-0.1, -0.05) is 11.6 Å². The van der Waals surface area contributed by atoms with Crippen molar-refractivity contribution in [1.29, 1.82) is 0 Å². The number of rotatable bonds is 2. The Morgan fingerprint density at radius 3 is 2.80 bits per heavy atom. The lowest BCUT2D eigenvalue weighted by Crippen LogP contribution is -1.95. The third kappa shape index (κ3) is 2.46. The maximum atomic E-state index is 13.5. The fourth-order valence-electron chi connectivity index (χ4n) is 1.78. The standard InChI is InChI=1S/C13H8BrClFN3S/c14-7-3-12(20-6-7)13-11(17)5-19(18-13)8-1-2-9(15)10(16)4-8/h1-6H,17H2. The van der Waals surface area contributed by atoms with Crippen molar-refractivity contribution in [3.05, 3.63) is 51.2 Å². The van der Waals surface area contributed by atoms with Crippen LogP contribution in [0.4, 0.5) is 10.1 Å². The molecule has 2 aromatic heterocycles. The molecule has 0 fully saturated rings. The fourth-order valence-corrected chi connectivity index (χ4v) is 3.33. The molecule has 2 heterocycles. The van der Waals surface area contributed by atoms with Crippen molar-refractivity contribution >= 4 is 44.6 Å². The Kier molecular flexibility index (Phi) is 3.54. The van der Waals surface area contributed by atoms with Gasteiger partial charge in [-0.25, -0.2) is 9.07 Å². The summed E-state index contributed by atoms with van der Waals surface area (Å²) >= 11 is 10.6. The van der Waals surface area contributed by atoms with Gasteiger partial charge in [-0.3, -0.25) is 0 Å². The van der Waals surface area contributed by atoms with E-state index in [4.69, 9.17) is 17.3 Å². The van der Waals surface area contributed by atoms with Gasteiger partial charge in [0.2, 0.25) is 0 Å². The maximum Gasteiger partial charge on any atom is 0.143 e. The molecule has 0 saturated carbocycles. The second-order valence-corrected chi connectivity index (χ2v) is 6.34. The first-order valence-electron chi connectivity index (χ1n) is 5.59. The second-order valence-electron chi connectivity index (χ2n) is 4.11. The summed E-state index contributed by atoms with van der Waals surface area (Å²) in [5, 5.41) is 6.44. The summed E-state index contributed by atoms with van der Waals surface area (Å²) in [5.74, 6) is -0.487. The number of aromatic nitrogens is 2. The highest BCUT2D eigenvalue weighted by molar-refractivity contribution is 9.10. The number of nitrogens with two attached hydrogens (primary N) is 1. The highest BCUT2D eigenvalue weighted by atomic mass is 79.9. The van der Waals surface area contributed by atoms with E-state index in [0.29, 0.717) is 17.1 Å². The molecular weight excluding hydrogens is 365 g/mol. The first kappa shape index (κ1) is 13.6. The molecule has 102 valence electrons. The van der Waals surface area contributed by atoms with Gasteiger partial charge in [0, 0.05) is 15.9 Å². The molecule has 20 heavy (non-hydrogen) atoms. The van der Waals surface area contributed by atoms with Crippen LogP contribution in [-0.4, -0.2) is 9.78 Å². The summed E-state index contributed by atoms with van der Waals surface area (Å²) in [7, 11) is 0. The van der Waals surface area contributed by atoms with Crippen LogP contribution >= 0.6 is 38.9 Å². The SMILES string of the molecule is Nc1cn(-c2ccc(Cl)c(F)c2)nc1-c1cc(Br)cs1. The maximum absolute atomic E-state index is 13.5. The summed E-state index contributed by atoms with van der Waals surface area (Å²) in [6, 6.07) is 6.44. The van der Waals surface area contributed by atoms with E-state index in [1.54, 1.807) is 12.3 Å². The van der Waals surface area contributed by atoms with Crippen molar-refractivity contribution in [3.8, 4) is 16.3 Å². The van der Waals surface area contributed by atoms with Crippen molar-refractivity contribution < 1.29 is 4.39 Å². The molecule has 3 aromatic rings. The Morgan fingerprint density at radius 2 is 2.15 bits per heavy atom. The first-order chi connectivity index (χ1) is 9.54. The van der Waals surface area contributed by atoms with E-state index in [-0.39, 0.29) is 5.02 Å². The van der Waals surface area contributed by atoms with Crippen molar-refractivity contribution in [2.75, 3.05) is 5.73 Å². The number of hydrogen-bond acceptors (Lipinski definition) is 3. The molecule has 0 aliphatic heterocycles. The van der Waals surface area contributed by atoms with Gasteiger partial charge in [0.25, 0.3) is 0 Å². The summed E-state index contributed by atoms with van der Waals surface area (Å²) < 4.78 is 16.0. The van der Waals surface area contributed by atoms with Crippen LogP contribution in [0.25, 0.3) is 16.3 Å². The summed E-state index contributed by atoms with van der Waals surface area (Å²) in [6.45, 7) is 0. The smallest absolute Gasteiger partial charge is 0.143 e. The van der Waals surface area contributed by atoms with Gasteiger partial charge in [0.15, 0.2) is 0 Å². The topological polar surface area (TPSA) is 43.8 Å².